The minimum Gasteiger partial charge on any atom is -0.497 e. The van der Waals surface area contributed by atoms with Crippen molar-refractivity contribution in [1.29, 1.82) is 0 Å². The molecule has 5 heteroatoms. The highest BCUT2D eigenvalue weighted by atomic mass is 19.1. The number of hydrogen-bond donors (Lipinski definition) is 1. The topological polar surface area (TPSA) is 47.6 Å². The molecule has 0 aliphatic carbocycles. The third kappa shape index (κ3) is 4.45. The lowest BCUT2D eigenvalue weighted by Gasteiger charge is -2.15. The second-order valence-corrected chi connectivity index (χ2v) is 5.20. The second kappa shape index (κ2) is 7.63. The average molecular weight is 317 g/mol. The van der Waals surface area contributed by atoms with Crippen molar-refractivity contribution >= 4 is 5.91 Å². The van der Waals surface area contributed by atoms with Crippen molar-refractivity contribution in [2.24, 2.45) is 0 Å². The predicted molar refractivity (Wildman–Crippen MR) is 86.2 cm³/mol. The lowest BCUT2D eigenvalue weighted by Crippen LogP contribution is -2.28. The molecule has 122 valence electrons. The number of rotatable bonds is 6. The highest BCUT2D eigenvalue weighted by molar-refractivity contribution is 5.79. The van der Waals surface area contributed by atoms with E-state index in [2.05, 4.69) is 5.32 Å². The highest BCUT2D eigenvalue weighted by Gasteiger charge is 2.13. The summed E-state index contributed by atoms with van der Waals surface area (Å²) in [6.45, 7) is 1.82. The van der Waals surface area contributed by atoms with E-state index >= 15 is 0 Å². The van der Waals surface area contributed by atoms with Crippen molar-refractivity contribution in [1.82, 2.24) is 5.32 Å². The summed E-state index contributed by atoms with van der Waals surface area (Å²) in [7, 11) is 3.12. The van der Waals surface area contributed by atoms with Crippen LogP contribution in [0.5, 0.6) is 11.5 Å². The van der Waals surface area contributed by atoms with Gasteiger partial charge in [-0.25, -0.2) is 4.39 Å². The van der Waals surface area contributed by atoms with Gasteiger partial charge in [0.25, 0.3) is 0 Å². The van der Waals surface area contributed by atoms with E-state index in [1.54, 1.807) is 44.6 Å². The van der Waals surface area contributed by atoms with E-state index in [0.29, 0.717) is 11.5 Å². The number of carbonyl (C=O) groups excluding carboxylic acids is 1. The van der Waals surface area contributed by atoms with Gasteiger partial charge in [0.15, 0.2) is 0 Å². The number of hydrogen-bond acceptors (Lipinski definition) is 3. The summed E-state index contributed by atoms with van der Waals surface area (Å²) in [6, 6.07) is 11.2. The summed E-state index contributed by atoms with van der Waals surface area (Å²) in [5, 5.41) is 2.86. The van der Waals surface area contributed by atoms with Crippen LogP contribution in [-0.4, -0.2) is 20.1 Å². The van der Waals surface area contributed by atoms with Gasteiger partial charge in [-0.15, -0.1) is 0 Å². The minimum absolute atomic E-state index is 0.162. The molecule has 0 unspecified atom stereocenters. The van der Waals surface area contributed by atoms with Crippen molar-refractivity contribution in [2.45, 2.75) is 19.4 Å². The summed E-state index contributed by atoms with van der Waals surface area (Å²) >= 11 is 0. The normalized spacial score (nSPS) is 11.7. The minimum atomic E-state index is -0.319. The molecule has 0 fully saturated rings. The van der Waals surface area contributed by atoms with Crippen LogP contribution < -0.4 is 14.8 Å². The van der Waals surface area contributed by atoms with Gasteiger partial charge in [-0.2, -0.15) is 0 Å². The Kier molecular flexibility index (Phi) is 5.57. The van der Waals surface area contributed by atoms with Crippen molar-refractivity contribution in [3.63, 3.8) is 0 Å². The summed E-state index contributed by atoms with van der Waals surface area (Å²) in [5.74, 6) is 0.780. The molecule has 0 aromatic heterocycles. The number of ether oxygens (including phenoxy) is 2. The van der Waals surface area contributed by atoms with Gasteiger partial charge in [0.1, 0.15) is 17.3 Å². The fourth-order valence-corrected chi connectivity index (χ4v) is 2.32. The van der Waals surface area contributed by atoms with E-state index in [4.69, 9.17) is 9.47 Å². The number of methoxy groups -OCH3 is 2. The van der Waals surface area contributed by atoms with Crippen LogP contribution in [0.4, 0.5) is 4.39 Å². The molecule has 0 aliphatic rings. The molecule has 0 bridgehead atoms. The van der Waals surface area contributed by atoms with Gasteiger partial charge in [0.05, 0.1) is 26.7 Å². The van der Waals surface area contributed by atoms with Crippen molar-refractivity contribution in [3.8, 4) is 11.5 Å². The Morgan fingerprint density at radius 3 is 2.61 bits per heavy atom. The first-order chi connectivity index (χ1) is 11.0. The van der Waals surface area contributed by atoms with Gasteiger partial charge in [0, 0.05) is 11.6 Å². The average Bonchev–Trinajstić information content (AvgIpc) is 2.55. The third-order valence-electron chi connectivity index (χ3n) is 3.57. The van der Waals surface area contributed by atoms with E-state index in [9.17, 15) is 9.18 Å². The van der Waals surface area contributed by atoms with E-state index in [1.807, 2.05) is 6.92 Å². The van der Waals surface area contributed by atoms with Crippen molar-refractivity contribution < 1.29 is 18.7 Å². The molecule has 1 atom stereocenters. The van der Waals surface area contributed by atoms with Crippen LogP contribution in [0.25, 0.3) is 0 Å². The van der Waals surface area contributed by atoms with Gasteiger partial charge in [0.2, 0.25) is 5.91 Å². The second-order valence-electron chi connectivity index (χ2n) is 5.20. The quantitative estimate of drug-likeness (QED) is 0.889. The van der Waals surface area contributed by atoms with E-state index in [1.165, 1.54) is 12.1 Å². The summed E-state index contributed by atoms with van der Waals surface area (Å²) < 4.78 is 23.7. The van der Waals surface area contributed by atoms with E-state index < -0.39 is 0 Å². The standard InChI is InChI=1S/C18H20FNO3/c1-12(13-5-4-6-15(19)9-13)20-18(21)10-14-7-8-16(22-2)11-17(14)23-3/h4-9,11-12H,10H2,1-3H3,(H,20,21)/t12-/m1/s1. The molecule has 2 rings (SSSR count). The molecule has 1 N–H and O–H groups in total. The Morgan fingerprint density at radius 1 is 1.17 bits per heavy atom. The summed E-state index contributed by atoms with van der Waals surface area (Å²) in [6.07, 6.45) is 0.173. The number of benzene rings is 2. The summed E-state index contributed by atoms with van der Waals surface area (Å²) in [4.78, 5) is 12.2. The fourth-order valence-electron chi connectivity index (χ4n) is 2.32. The van der Waals surface area contributed by atoms with Crippen molar-refractivity contribution in [3.05, 3.63) is 59.4 Å². The zero-order valence-electron chi connectivity index (χ0n) is 13.4. The molecular formula is C18H20FNO3. The van der Waals surface area contributed by atoms with Crippen LogP contribution in [0, 0.1) is 5.82 Å². The fraction of sp³-hybridized carbons (Fsp3) is 0.278. The highest BCUT2D eigenvalue weighted by Crippen LogP contribution is 2.25. The monoisotopic (exact) mass is 317 g/mol. The lowest BCUT2D eigenvalue weighted by molar-refractivity contribution is -0.121. The molecule has 23 heavy (non-hydrogen) atoms. The first kappa shape index (κ1) is 16.8. The molecule has 0 saturated carbocycles. The number of amides is 1. The molecule has 0 radical (unpaired) electrons. The number of carbonyl (C=O) groups is 1. The maximum absolute atomic E-state index is 13.2. The molecule has 1 amide bonds. The van der Waals surface area contributed by atoms with Crippen molar-refractivity contribution in [2.75, 3.05) is 14.2 Å². The zero-order chi connectivity index (χ0) is 16.8. The Bertz CT molecular complexity index is 688. The van der Waals surface area contributed by atoms with Crippen LogP contribution in [-0.2, 0) is 11.2 Å². The van der Waals surface area contributed by atoms with Gasteiger partial charge in [-0.1, -0.05) is 18.2 Å². The van der Waals surface area contributed by atoms with E-state index in [0.717, 1.165) is 11.1 Å². The lowest BCUT2D eigenvalue weighted by atomic mass is 10.1. The van der Waals surface area contributed by atoms with E-state index in [-0.39, 0.29) is 24.2 Å². The molecule has 0 spiro atoms. The summed E-state index contributed by atoms with van der Waals surface area (Å²) in [5.41, 5.74) is 1.48. The Balaban J connectivity index is 2.04. The largest absolute Gasteiger partial charge is 0.497 e. The predicted octanol–water partition coefficient (Wildman–Crippen LogP) is 3.26. The Hall–Kier alpha value is -2.56. The first-order valence-electron chi connectivity index (χ1n) is 7.29. The van der Waals surface area contributed by atoms with Crippen LogP contribution >= 0.6 is 0 Å². The molecule has 0 heterocycles. The third-order valence-corrected chi connectivity index (χ3v) is 3.57. The SMILES string of the molecule is COc1ccc(CC(=O)N[C@H](C)c2cccc(F)c2)c(OC)c1. The van der Waals surface area contributed by atoms with Gasteiger partial charge < -0.3 is 14.8 Å². The molecule has 0 aliphatic heterocycles. The molecule has 4 nitrogen and oxygen atoms in total. The molecule has 2 aromatic carbocycles. The molecule has 0 saturated heterocycles. The van der Waals surface area contributed by atoms with Crippen LogP contribution in [0.2, 0.25) is 0 Å². The smallest absolute Gasteiger partial charge is 0.225 e. The number of halogens is 1. The van der Waals surface area contributed by atoms with Crippen LogP contribution in [0.3, 0.4) is 0 Å². The van der Waals surface area contributed by atoms with Crippen LogP contribution in [0.1, 0.15) is 24.1 Å². The zero-order valence-corrected chi connectivity index (χ0v) is 13.4. The van der Waals surface area contributed by atoms with Gasteiger partial charge in [-0.05, 0) is 30.7 Å². The Morgan fingerprint density at radius 2 is 1.96 bits per heavy atom. The van der Waals surface area contributed by atoms with Gasteiger partial charge >= 0.3 is 0 Å². The first-order valence-corrected chi connectivity index (χ1v) is 7.29. The molecule has 2 aromatic rings. The number of nitrogens with one attached hydrogen (secondary N) is 1. The Labute approximate surface area is 135 Å². The molecular weight excluding hydrogens is 297 g/mol. The maximum atomic E-state index is 13.2. The van der Waals surface area contributed by atoms with Gasteiger partial charge in [-0.3, -0.25) is 4.79 Å². The van der Waals surface area contributed by atoms with Crippen LogP contribution in [0.15, 0.2) is 42.5 Å². The maximum Gasteiger partial charge on any atom is 0.225 e.